The number of ether oxygens (including phenoxy) is 1. The average Bonchev–Trinajstić information content (AvgIpc) is 3.32. The Bertz CT molecular complexity index is 1240. The minimum absolute atomic E-state index is 0.0967. The van der Waals surface area contributed by atoms with Crippen LogP contribution in [0.4, 0.5) is 8.78 Å². The fraction of sp³-hybridized carbons (Fsp3) is 0.273. The van der Waals surface area contributed by atoms with Gasteiger partial charge < -0.3 is 14.5 Å². The van der Waals surface area contributed by atoms with Gasteiger partial charge in [-0.3, -0.25) is 0 Å². The maximum Gasteiger partial charge on any atom is 0.137 e. The molecule has 1 fully saturated rings. The number of halogens is 3. The van der Waals surface area contributed by atoms with Crippen LogP contribution < -0.4 is 5.32 Å². The van der Waals surface area contributed by atoms with Crippen LogP contribution in [0.3, 0.4) is 0 Å². The highest BCUT2D eigenvalue weighted by atomic mass is 79.9. The van der Waals surface area contributed by atoms with Crippen molar-refractivity contribution >= 4 is 21.6 Å². The number of imidazole rings is 1. The van der Waals surface area contributed by atoms with Gasteiger partial charge in [-0.25, -0.2) is 18.4 Å². The first-order chi connectivity index (χ1) is 15.0. The Morgan fingerprint density at radius 3 is 2.74 bits per heavy atom. The van der Waals surface area contributed by atoms with Crippen LogP contribution in [0.1, 0.15) is 11.3 Å². The van der Waals surface area contributed by atoms with Crippen LogP contribution in [0.5, 0.6) is 0 Å². The first-order valence-corrected chi connectivity index (χ1v) is 10.8. The van der Waals surface area contributed by atoms with Gasteiger partial charge in [0.15, 0.2) is 0 Å². The molecule has 0 radical (unpaired) electrons. The third-order valence-electron chi connectivity index (χ3n) is 5.39. The Labute approximate surface area is 186 Å². The molecular weight excluding hydrogens is 468 g/mol. The second-order valence-electron chi connectivity index (χ2n) is 7.63. The highest BCUT2D eigenvalue weighted by Gasteiger charge is 2.25. The van der Waals surface area contributed by atoms with Crippen molar-refractivity contribution in [3.63, 3.8) is 0 Å². The Balaban J connectivity index is 1.64. The van der Waals surface area contributed by atoms with Crippen LogP contribution in [-0.4, -0.2) is 45.0 Å². The monoisotopic (exact) mass is 487 g/mol. The molecule has 1 aliphatic rings. The molecule has 0 aliphatic carbocycles. The summed E-state index contributed by atoms with van der Waals surface area (Å²) >= 11 is 3.30. The van der Waals surface area contributed by atoms with Crippen molar-refractivity contribution in [2.75, 3.05) is 19.7 Å². The molecular formula is C22H20BrF2N5O. The predicted molar refractivity (Wildman–Crippen MR) is 116 cm³/mol. The smallest absolute Gasteiger partial charge is 0.137 e. The van der Waals surface area contributed by atoms with Crippen LogP contribution in [0.2, 0.25) is 0 Å². The maximum absolute atomic E-state index is 15.3. The van der Waals surface area contributed by atoms with Gasteiger partial charge in [0, 0.05) is 44.0 Å². The van der Waals surface area contributed by atoms with E-state index in [1.165, 1.54) is 16.8 Å². The van der Waals surface area contributed by atoms with Gasteiger partial charge >= 0.3 is 0 Å². The molecule has 6 nitrogen and oxygen atoms in total. The van der Waals surface area contributed by atoms with E-state index in [9.17, 15) is 0 Å². The number of hydrogen-bond donors (Lipinski definition) is 1. The predicted octanol–water partition coefficient (Wildman–Crippen LogP) is 4.07. The molecule has 0 saturated carbocycles. The van der Waals surface area contributed by atoms with Crippen LogP contribution in [0, 0.1) is 18.6 Å². The number of rotatable bonds is 4. The number of pyridine rings is 1. The molecule has 4 aromatic rings. The zero-order valence-electron chi connectivity index (χ0n) is 16.8. The lowest BCUT2D eigenvalue weighted by atomic mass is 10.0. The van der Waals surface area contributed by atoms with Crippen molar-refractivity contribution in [2.45, 2.75) is 19.4 Å². The lowest BCUT2D eigenvalue weighted by Gasteiger charge is -2.24. The molecule has 4 heterocycles. The molecule has 0 spiro atoms. The molecule has 3 aromatic heterocycles. The largest absolute Gasteiger partial charge is 0.375 e. The number of fused-ring (bicyclic) bond motifs is 1. The third kappa shape index (κ3) is 3.88. The molecule has 1 aliphatic heterocycles. The molecule has 0 amide bonds. The van der Waals surface area contributed by atoms with Gasteiger partial charge in [-0.2, -0.15) is 5.10 Å². The van der Waals surface area contributed by atoms with Crippen LogP contribution >= 0.6 is 15.9 Å². The van der Waals surface area contributed by atoms with Crippen LogP contribution in [0.25, 0.3) is 22.6 Å². The van der Waals surface area contributed by atoms with E-state index in [2.05, 4.69) is 31.3 Å². The van der Waals surface area contributed by atoms with Gasteiger partial charge in [0.1, 0.15) is 17.3 Å². The van der Waals surface area contributed by atoms with Crippen molar-refractivity contribution in [3.05, 3.63) is 70.2 Å². The lowest BCUT2D eigenvalue weighted by molar-refractivity contribution is 0.0286. The van der Waals surface area contributed by atoms with Gasteiger partial charge in [-0.15, -0.1) is 0 Å². The first-order valence-electron chi connectivity index (χ1n) is 9.99. The van der Waals surface area contributed by atoms with Gasteiger partial charge in [-0.1, -0.05) is 0 Å². The summed E-state index contributed by atoms with van der Waals surface area (Å²) in [5.41, 5.74) is 2.83. The summed E-state index contributed by atoms with van der Waals surface area (Å²) in [6, 6.07) is 6.40. The number of aromatic nitrogens is 4. The standard InChI is InChI=1S/C22H20BrF2N5O/c1-13-2-4-29-19(9-16-11-26-3-5-31-16)22(28-20(29)6-13)21-17(24)7-15(8-18(21)25)30-12-14(23)10-27-30/h2,4,6-8,10,12,16,26H,3,5,9,11H2,1H3. The zero-order chi connectivity index (χ0) is 21.5. The normalized spacial score (nSPS) is 16.8. The van der Waals surface area contributed by atoms with Gasteiger partial charge in [0.25, 0.3) is 0 Å². The summed E-state index contributed by atoms with van der Waals surface area (Å²) in [4.78, 5) is 4.61. The van der Waals surface area contributed by atoms with Gasteiger partial charge in [0.05, 0.1) is 46.0 Å². The molecule has 1 N–H and O–H groups in total. The lowest BCUT2D eigenvalue weighted by Crippen LogP contribution is -2.39. The van der Waals surface area contributed by atoms with E-state index >= 15 is 8.78 Å². The summed E-state index contributed by atoms with van der Waals surface area (Å²) in [6.07, 6.45) is 5.48. The van der Waals surface area contributed by atoms with E-state index in [1.807, 2.05) is 29.7 Å². The van der Waals surface area contributed by atoms with E-state index in [-0.39, 0.29) is 11.7 Å². The van der Waals surface area contributed by atoms with E-state index in [0.29, 0.717) is 36.6 Å². The Morgan fingerprint density at radius 1 is 1.26 bits per heavy atom. The van der Waals surface area contributed by atoms with Crippen molar-refractivity contribution in [2.24, 2.45) is 0 Å². The Kier molecular flexibility index (Phi) is 5.33. The fourth-order valence-corrected chi connectivity index (χ4v) is 4.20. The van der Waals surface area contributed by atoms with Crippen molar-refractivity contribution in [1.29, 1.82) is 0 Å². The molecule has 0 bridgehead atoms. The van der Waals surface area contributed by atoms with Gasteiger partial charge in [-0.05, 0) is 40.5 Å². The zero-order valence-corrected chi connectivity index (χ0v) is 18.4. The second-order valence-corrected chi connectivity index (χ2v) is 8.54. The molecule has 1 unspecified atom stereocenters. The molecule has 31 heavy (non-hydrogen) atoms. The summed E-state index contributed by atoms with van der Waals surface area (Å²) in [7, 11) is 0. The third-order valence-corrected chi connectivity index (χ3v) is 5.79. The number of aryl methyl sites for hydroxylation is 1. The molecule has 1 atom stereocenters. The van der Waals surface area contributed by atoms with E-state index in [0.717, 1.165) is 22.3 Å². The van der Waals surface area contributed by atoms with E-state index < -0.39 is 11.6 Å². The minimum Gasteiger partial charge on any atom is -0.375 e. The SMILES string of the molecule is Cc1ccn2c(CC3CNCCO3)c(-c3c(F)cc(-n4cc(Br)cn4)cc3F)nc2c1. The molecule has 160 valence electrons. The highest BCUT2D eigenvalue weighted by Crippen LogP contribution is 2.32. The number of hydrogen-bond acceptors (Lipinski definition) is 4. The Morgan fingerprint density at radius 2 is 2.06 bits per heavy atom. The number of morpholine rings is 1. The summed E-state index contributed by atoms with van der Waals surface area (Å²) in [5.74, 6) is -1.38. The van der Waals surface area contributed by atoms with E-state index in [1.54, 1.807) is 12.4 Å². The highest BCUT2D eigenvalue weighted by molar-refractivity contribution is 9.10. The minimum atomic E-state index is -0.689. The average molecular weight is 488 g/mol. The molecule has 9 heteroatoms. The van der Waals surface area contributed by atoms with E-state index in [4.69, 9.17) is 4.74 Å². The molecule has 1 saturated heterocycles. The Hall–Kier alpha value is -2.62. The number of nitrogens with one attached hydrogen (secondary N) is 1. The van der Waals surface area contributed by atoms with Crippen molar-refractivity contribution in [1.82, 2.24) is 24.5 Å². The van der Waals surface area contributed by atoms with Crippen LogP contribution in [-0.2, 0) is 11.2 Å². The molecule has 5 rings (SSSR count). The maximum atomic E-state index is 15.3. The first kappa shape index (κ1) is 20.3. The fourth-order valence-electron chi connectivity index (χ4n) is 3.92. The number of nitrogens with zero attached hydrogens (tertiary/aromatic N) is 4. The van der Waals surface area contributed by atoms with Crippen LogP contribution in [0.15, 0.2) is 47.3 Å². The van der Waals surface area contributed by atoms with Crippen molar-refractivity contribution < 1.29 is 13.5 Å². The second kappa shape index (κ2) is 8.14. The quantitative estimate of drug-likeness (QED) is 0.471. The van der Waals surface area contributed by atoms with Crippen molar-refractivity contribution in [3.8, 4) is 16.9 Å². The summed E-state index contributed by atoms with van der Waals surface area (Å²) in [6.45, 7) is 4.04. The number of benzene rings is 1. The molecule has 1 aromatic carbocycles. The summed E-state index contributed by atoms with van der Waals surface area (Å²) < 4.78 is 40.4. The summed E-state index contributed by atoms with van der Waals surface area (Å²) in [5, 5.41) is 7.40. The topological polar surface area (TPSA) is 56.4 Å². The van der Waals surface area contributed by atoms with Gasteiger partial charge in [0.2, 0.25) is 0 Å².